The third kappa shape index (κ3) is 2.69. The molecule has 0 amide bonds. The summed E-state index contributed by atoms with van der Waals surface area (Å²) in [6, 6.07) is 18.0. The maximum atomic E-state index is 12.4. The van der Waals surface area contributed by atoms with E-state index in [1.807, 2.05) is 54.1 Å². The molecule has 1 aliphatic carbocycles. The van der Waals surface area contributed by atoms with E-state index in [0.717, 1.165) is 41.8 Å². The topological polar surface area (TPSA) is 65.8 Å². The minimum atomic E-state index is -0.459. The van der Waals surface area contributed by atoms with Gasteiger partial charge in [-0.15, -0.1) is 0 Å². The highest BCUT2D eigenvalue weighted by atomic mass is 16.5. The molecule has 6 nitrogen and oxygen atoms in total. The second kappa shape index (κ2) is 6.64. The molecular formula is C22H20N4O2. The molecule has 28 heavy (non-hydrogen) atoms. The van der Waals surface area contributed by atoms with Crippen molar-refractivity contribution in [2.75, 3.05) is 0 Å². The van der Waals surface area contributed by atoms with E-state index in [1.54, 1.807) is 4.57 Å². The average molecular weight is 372 g/mol. The van der Waals surface area contributed by atoms with Crippen molar-refractivity contribution in [3.8, 4) is 17.1 Å². The van der Waals surface area contributed by atoms with Gasteiger partial charge in [-0.25, -0.2) is 9.48 Å². The Morgan fingerprint density at radius 3 is 2.64 bits per heavy atom. The van der Waals surface area contributed by atoms with Crippen molar-refractivity contribution in [3.63, 3.8) is 0 Å². The highest BCUT2D eigenvalue weighted by Crippen LogP contribution is 2.29. The maximum Gasteiger partial charge on any atom is 0.442 e. The summed E-state index contributed by atoms with van der Waals surface area (Å²) in [6.45, 7) is 2.36. The first-order valence-electron chi connectivity index (χ1n) is 9.50. The Labute approximate surface area is 162 Å². The molecule has 0 saturated heterocycles. The van der Waals surface area contributed by atoms with Crippen LogP contribution in [0.25, 0.3) is 17.1 Å². The van der Waals surface area contributed by atoms with E-state index >= 15 is 0 Å². The van der Waals surface area contributed by atoms with Crippen LogP contribution in [0.15, 0.2) is 63.9 Å². The van der Waals surface area contributed by atoms with Crippen LogP contribution < -0.4 is 5.76 Å². The molecule has 0 bridgehead atoms. The van der Waals surface area contributed by atoms with Crippen LogP contribution >= 0.6 is 0 Å². The highest BCUT2D eigenvalue weighted by molar-refractivity contribution is 5.59. The minimum Gasteiger partial charge on any atom is -0.295 e. The number of para-hydroxylation sites is 1. The summed E-state index contributed by atoms with van der Waals surface area (Å²) in [5, 5.41) is 8.91. The number of benzene rings is 2. The molecule has 2 aromatic heterocycles. The van der Waals surface area contributed by atoms with Crippen LogP contribution in [-0.2, 0) is 19.4 Å². The van der Waals surface area contributed by atoms with Gasteiger partial charge in [0.2, 0.25) is 0 Å². The minimum absolute atomic E-state index is 0.355. The SMILES string of the molecule is Cc1ccccc1-c1noc(=O)n1Cc1nn(-c2ccccc2)c2c1CCC2. The lowest BCUT2D eigenvalue weighted by molar-refractivity contribution is 0.378. The zero-order chi connectivity index (χ0) is 19.1. The van der Waals surface area contributed by atoms with Gasteiger partial charge in [-0.05, 0) is 49.4 Å². The van der Waals surface area contributed by atoms with Crippen LogP contribution in [-0.4, -0.2) is 19.5 Å². The molecule has 2 heterocycles. The molecule has 1 aliphatic rings. The van der Waals surface area contributed by atoms with Crippen molar-refractivity contribution < 1.29 is 4.52 Å². The lowest BCUT2D eigenvalue weighted by Gasteiger charge is -2.07. The summed E-state index contributed by atoms with van der Waals surface area (Å²) < 4.78 is 8.61. The van der Waals surface area contributed by atoms with Gasteiger partial charge in [-0.2, -0.15) is 5.10 Å². The number of aryl methyl sites for hydroxylation is 1. The smallest absolute Gasteiger partial charge is 0.295 e. The molecule has 0 N–H and O–H groups in total. The molecule has 4 aromatic rings. The lowest BCUT2D eigenvalue weighted by atomic mass is 10.1. The van der Waals surface area contributed by atoms with E-state index < -0.39 is 5.76 Å². The van der Waals surface area contributed by atoms with Crippen LogP contribution in [0, 0.1) is 6.92 Å². The average Bonchev–Trinajstić information content (AvgIpc) is 3.41. The van der Waals surface area contributed by atoms with Crippen molar-refractivity contribution in [2.45, 2.75) is 32.7 Å². The van der Waals surface area contributed by atoms with Crippen LogP contribution in [0.4, 0.5) is 0 Å². The van der Waals surface area contributed by atoms with Crippen LogP contribution in [0.3, 0.4) is 0 Å². The highest BCUT2D eigenvalue weighted by Gasteiger charge is 2.25. The van der Waals surface area contributed by atoms with Crippen molar-refractivity contribution >= 4 is 0 Å². The largest absolute Gasteiger partial charge is 0.442 e. The first-order chi connectivity index (χ1) is 13.7. The van der Waals surface area contributed by atoms with Crippen molar-refractivity contribution in [3.05, 3.63) is 87.7 Å². The number of nitrogens with zero attached hydrogens (tertiary/aromatic N) is 4. The fourth-order valence-electron chi connectivity index (χ4n) is 4.00. The van der Waals surface area contributed by atoms with Crippen LogP contribution in [0.1, 0.15) is 28.9 Å². The van der Waals surface area contributed by atoms with E-state index in [1.165, 1.54) is 11.3 Å². The Hall–Kier alpha value is -3.41. The van der Waals surface area contributed by atoms with E-state index in [-0.39, 0.29) is 0 Å². The molecule has 0 radical (unpaired) electrons. The van der Waals surface area contributed by atoms with E-state index in [9.17, 15) is 4.79 Å². The zero-order valence-corrected chi connectivity index (χ0v) is 15.6. The monoisotopic (exact) mass is 372 g/mol. The predicted molar refractivity (Wildman–Crippen MR) is 106 cm³/mol. The molecule has 0 saturated carbocycles. The maximum absolute atomic E-state index is 12.4. The van der Waals surface area contributed by atoms with Gasteiger partial charge in [-0.1, -0.05) is 47.6 Å². The fraction of sp³-hybridized carbons (Fsp3) is 0.227. The van der Waals surface area contributed by atoms with Crippen molar-refractivity contribution in [1.82, 2.24) is 19.5 Å². The van der Waals surface area contributed by atoms with Gasteiger partial charge in [0.05, 0.1) is 17.9 Å². The molecule has 5 rings (SSSR count). The number of fused-ring (bicyclic) bond motifs is 1. The Bertz CT molecular complexity index is 1200. The predicted octanol–water partition coefficient (Wildman–Crippen LogP) is 3.53. The van der Waals surface area contributed by atoms with Gasteiger partial charge >= 0.3 is 5.76 Å². The van der Waals surface area contributed by atoms with Crippen molar-refractivity contribution in [1.29, 1.82) is 0 Å². The van der Waals surface area contributed by atoms with Gasteiger partial charge < -0.3 is 0 Å². The molecule has 6 heteroatoms. The number of hydrogen-bond acceptors (Lipinski definition) is 4. The van der Waals surface area contributed by atoms with Gasteiger partial charge in [0.15, 0.2) is 5.82 Å². The van der Waals surface area contributed by atoms with E-state index in [2.05, 4.69) is 17.3 Å². The third-order valence-electron chi connectivity index (χ3n) is 5.39. The van der Waals surface area contributed by atoms with E-state index in [0.29, 0.717) is 12.4 Å². The van der Waals surface area contributed by atoms with Crippen LogP contribution in [0.5, 0.6) is 0 Å². The second-order valence-electron chi connectivity index (χ2n) is 7.15. The normalized spacial score (nSPS) is 13.0. The second-order valence-corrected chi connectivity index (χ2v) is 7.15. The number of hydrogen-bond donors (Lipinski definition) is 0. The third-order valence-corrected chi connectivity index (χ3v) is 5.39. The Morgan fingerprint density at radius 1 is 1.04 bits per heavy atom. The summed E-state index contributed by atoms with van der Waals surface area (Å²) in [4.78, 5) is 12.4. The summed E-state index contributed by atoms with van der Waals surface area (Å²) in [5.74, 6) is 0.0865. The van der Waals surface area contributed by atoms with Gasteiger partial charge in [0, 0.05) is 11.3 Å². The van der Waals surface area contributed by atoms with Crippen LogP contribution in [0.2, 0.25) is 0 Å². The Morgan fingerprint density at radius 2 is 1.82 bits per heavy atom. The fourth-order valence-corrected chi connectivity index (χ4v) is 4.00. The molecule has 0 atom stereocenters. The molecule has 0 spiro atoms. The summed E-state index contributed by atoms with van der Waals surface area (Å²) in [5.41, 5.74) is 6.38. The molecule has 0 unspecified atom stereocenters. The molecule has 0 fully saturated rings. The first kappa shape index (κ1) is 16.7. The van der Waals surface area contributed by atoms with Gasteiger partial charge in [-0.3, -0.25) is 9.09 Å². The Kier molecular flexibility index (Phi) is 3.97. The molecule has 0 aliphatic heterocycles. The van der Waals surface area contributed by atoms with Crippen molar-refractivity contribution in [2.24, 2.45) is 0 Å². The summed E-state index contributed by atoms with van der Waals surface area (Å²) in [7, 11) is 0. The summed E-state index contributed by atoms with van der Waals surface area (Å²) >= 11 is 0. The van der Waals surface area contributed by atoms with E-state index in [4.69, 9.17) is 9.62 Å². The Balaban J connectivity index is 1.60. The number of aromatic nitrogens is 4. The molecule has 2 aromatic carbocycles. The molecular weight excluding hydrogens is 352 g/mol. The van der Waals surface area contributed by atoms with Gasteiger partial charge in [0.1, 0.15) is 0 Å². The number of rotatable bonds is 4. The lowest BCUT2D eigenvalue weighted by Crippen LogP contribution is -2.17. The van der Waals surface area contributed by atoms with Gasteiger partial charge in [0.25, 0.3) is 0 Å². The zero-order valence-electron chi connectivity index (χ0n) is 15.6. The summed E-state index contributed by atoms with van der Waals surface area (Å²) in [6.07, 6.45) is 3.09. The molecule has 140 valence electrons. The standard InChI is InChI=1S/C22H20N4O2/c1-15-8-5-6-11-17(15)21-24-28-22(27)25(21)14-19-18-12-7-13-20(18)26(23-19)16-9-3-2-4-10-16/h2-6,8-11H,7,12-14H2,1H3. The first-order valence-corrected chi connectivity index (χ1v) is 9.50. The quantitative estimate of drug-likeness (QED) is 0.550.